The van der Waals surface area contributed by atoms with Crippen molar-refractivity contribution in [3.63, 3.8) is 0 Å². The third-order valence-corrected chi connectivity index (χ3v) is 6.09. The van der Waals surface area contributed by atoms with Crippen molar-refractivity contribution in [2.45, 2.75) is 79.6 Å². The molecule has 192 valence electrons. The molecule has 1 aliphatic rings. The van der Waals surface area contributed by atoms with E-state index in [4.69, 9.17) is 4.74 Å². The van der Waals surface area contributed by atoms with Crippen molar-refractivity contribution in [1.29, 1.82) is 0 Å². The molecule has 1 heterocycles. The molecule has 4 nitrogen and oxygen atoms in total. The van der Waals surface area contributed by atoms with Gasteiger partial charge in [0.25, 0.3) is 0 Å². The maximum absolute atomic E-state index is 14.7. The molecule has 1 atom stereocenters. The quantitative estimate of drug-likeness (QED) is 0.451. The molecule has 1 amide bonds. The molecule has 1 aliphatic heterocycles. The lowest BCUT2D eigenvalue weighted by molar-refractivity contribution is -0.189. The van der Waals surface area contributed by atoms with Crippen LogP contribution in [-0.2, 0) is 17.8 Å². The standard InChI is InChI=1S/C27H34F4N2O2/c1-16-10-21(11-17(2)25(16)32-24(34)14-26(4,5)6)33-9-7-8-19-13-23(22(28)12-20(19)15-33)35-18(3)27(29,30)31/h10-13,18H,7-9,14-15H2,1-6H3,(H,32,34)/t18-/m0/s1. The third-order valence-electron chi connectivity index (χ3n) is 6.09. The fourth-order valence-corrected chi connectivity index (χ4v) is 4.32. The number of alkyl halides is 3. The number of ether oxygens (including phenoxy) is 1. The summed E-state index contributed by atoms with van der Waals surface area (Å²) in [7, 11) is 0. The first-order valence-corrected chi connectivity index (χ1v) is 11.8. The van der Waals surface area contributed by atoms with Crippen LogP contribution < -0.4 is 15.0 Å². The van der Waals surface area contributed by atoms with Gasteiger partial charge >= 0.3 is 6.18 Å². The number of rotatable bonds is 5. The van der Waals surface area contributed by atoms with Gasteiger partial charge in [0.2, 0.25) is 5.91 Å². The minimum atomic E-state index is -4.57. The molecule has 1 N–H and O–H groups in total. The van der Waals surface area contributed by atoms with Gasteiger partial charge in [0, 0.05) is 30.9 Å². The van der Waals surface area contributed by atoms with Crippen LogP contribution in [0.4, 0.5) is 28.9 Å². The second-order valence-corrected chi connectivity index (χ2v) is 10.6. The van der Waals surface area contributed by atoms with Crippen LogP contribution in [0, 0.1) is 25.1 Å². The Balaban J connectivity index is 1.82. The first-order chi connectivity index (χ1) is 16.1. The lowest BCUT2D eigenvalue weighted by atomic mass is 9.92. The molecule has 0 radical (unpaired) electrons. The Morgan fingerprint density at radius 2 is 1.71 bits per heavy atom. The summed E-state index contributed by atoms with van der Waals surface area (Å²) in [6.45, 7) is 11.9. The van der Waals surface area contributed by atoms with E-state index in [9.17, 15) is 22.4 Å². The number of hydrogen-bond acceptors (Lipinski definition) is 3. The van der Waals surface area contributed by atoms with Crippen molar-refractivity contribution in [3.05, 3.63) is 52.3 Å². The number of amides is 1. The van der Waals surface area contributed by atoms with E-state index in [1.165, 1.54) is 12.1 Å². The van der Waals surface area contributed by atoms with Crippen molar-refractivity contribution in [1.82, 2.24) is 0 Å². The minimum absolute atomic E-state index is 0.0338. The maximum atomic E-state index is 14.7. The van der Waals surface area contributed by atoms with Gasteiger partial charge in [-0.2, -0.15) is 13.2 Å². The summed E-state index contributed by atoms with van der Waals surface area (Å²) in [5.74, 6) is -1.21. The van der Waals surface area contributed by atoms with E-state index in [1.807, 2.05) is 46.8 Å². The first-order valence-electron chi connectivity index (χ1n) is 11.8. The van der Waals surface area contributed by atoms with Crippen LogP contribution in [0.25, 0.3) is 0 Å². The maximum Gasteiger partial charge on any atom is 0.425 e. The highest BCUT2D eigenvalue weighted by atomic mass is 19.4. The summed E-state index contributed by atoms with van der Waals surface area (Å²) >= 11 is 0. The predicted octanol–water partition coefficient (Wildman–Crippen LogP) is 7.10. The zero-order valence-electron chi connectivity index (χ0n) is 21.2. The first kappa shape index (κ1) is 26.8. The van der Waals surface area contributed by atoms with Crippen LogP contribution in [0.2, 0.25) is 0 Å². The second-order valence-electron chi connectivity index (χ2n) is 10.6. The van der Waals surface area contributed by atoms with E-state index in [0.29, 0.717) is 25.9 Å². The number of anilines is 2. The van der Waals surface area contributed by atoms with E-state index in [-0.39, 0.29) is 17.1 Å². The van der Waals surface area contributed by atoms with E-state index < -0.39 is 18.1 Å². The minimum Gasteiger partial charge on any atom is -0.478 e. The molecule has 0 unspecified atom stereocenters. The molecule has 8 heteroatoms. The Hall–Kier alpha value is -2.77. The highest BCUT2D eigenvalue weighted by Crippen LogP contribution is 2.34. The molecule has 0 saturated heterocycles. The average Bonchev–Trinajstić information content (AvgIpc) is 2.90. The summed E-state index contributed by atoms with van der Waals surface area (Å²) in [4.78, 5) is 14.6. The monoisotopic (exact) mass is 494 g/mol. The van der Waals surface area contributed by atoms with Crippen molar-refractivity contribution in [2.24, 2.45) is 5.41 Å². The topological polar surface area (TPSA) is 41.6 Å². The normalized spacial score (nSPS) is 15.3. The van der Waals surface area contributed by atoms with Crippen molar-refractivity contribution in [2.75, 3.05) is 16.8 Å². The molecular weight excluding hydrogens is 460 g/mol. The Bertz CT molecular complexity index is 1070. The Labute approximate surface area is 204 Å². The van der Waals surface area contributed by atoms with Crippen LogP contribution in [0.5, 0.6) is 5.75 Å². The Morgan fingerprint density at radius 3 is 2.29 bits per heavy atom. The van der Waals surface area contributed by atoms with Gasteiger partial charge in [-0.1, -0.05) is 20.8 Å². The number of fused-ring (bicyclic) bond motifs is 1. The lowest BCUT2D eigenvalue weighted by Gasteiger charge is -2.26. The van der Waals surface area contributed by atoms with Crippen LogP contribution in [0.15, 0.2) is 24.3 Å². The lowest BCUT2D eigenvalue weighted by Crippen LogP contribution is -2.31. The molecule has 3 rings (SSSR count). The van der Waals surface area contributed by atoms with Crippen LogP contribution in [0.1, 0.15) is 62.8 Å². The number of nitrogens with zero attached hydrogens (tertiary/aromatic N) is 1. The van der Waals surface area contributed by atoms with E-state index in [1.54, 1.807) is 0 Å². The summed E-state index contributed by atoms with van der Waals surface area (Å²) in [6, 6.07) is 6.70. The largest absolute Gasteiger partial charge is 0.478 e. The summed E-state index contributed by atoms with van der Waals surface area (Å²) in [6.07, 6.45) is -4.87. The van der Waals surface area contributed by atoms with Gasteiger partial charge in [-0.3, -0.25) is 4.79 Å². The van der Waals surface area contributed by atoms with Gasteiger partial charge in [-0.15, -0.1) is 0 Å². The molecule has 2 aromatic rings. The molecule has 0 spiro atoms. The number of nitrogens with one attached hydrogen (secondary N) is 1. The number of halogens is 4. The summed E-state index contributed by atoms with van der Waals surface area (Å²) in [5.41, 5.74) is 5.02. The van der Waals surface area contributed by atoms with E-state index in [0.717, 1.165) is 47.0 Å². The molecule has 2 aromatic carbocycles. The van der Waals surface area contributed by atoms with Crippen molar-refractivity contribution in [3.8, 4) is 5.75 Å². The Kier molecular flexibility index (Phi) is 7.72. The summed E-state index contributed by atoms with van der Waals surface area (Å²) < 4.78 is 58.1. The molecule has 0 aromatic heterocycles. The van der Waals surface area contributed by atoms with Gasteiger partial charge < -0.3 is 15.0 Å². The smallest absolute Gasteiger partial charge is 0.425 e. The molecule has 0 aliphatic carbocycles. The second kappa shape index (κ2) is 10.1. The van der Waals surface area contributed by atoms with E-state index in [2.05, 4.69) is 10.2 Å². The van der Waals surface area contributed by atoms with Gasteiger partial charge in [0.05, 0.1) is 0 Å². The van der Waals surface area contributed by atoms with Crippen LogP contribution >= 0.6 is 0 Å². The zero-order chi connectivity index (χ0) is 26.1. The highest BCUT2D eigenvalue weighted by molar-refractivity contribution is 5.93. The number of aryl methyl sites for hydroxylation is 3. The highest BCUT2D eigenvalue weighted by Gasteiger charge is 2.38. The average molecular weight is 495 g/mol. The van der Waals surface area contributed by atoms with Crippen molar-refractivity contribution >= 4 is 17.3 Å². The van der Waals surface area contributed by atoms with E-state index >= 15 is 0 Å². The molecule has 0 bridgehead atoms. The summed E-state index contributed by atoms with van der Waals surface area (Å²) in [5, 5.41) is 3.03. The van der Waals surface area contributed by atoms with Gasteiger partial charge in [-0.05, 0) is 85.5 Å². The predicted molar refractivity (Wildman–Crippen MR) is 131 cm³/mol. The molecule has 0 fully saturated rings. The van der Waals surface area contributed by atoms with Gasteiger partial charge in [-0.25, -0.2) is 4.39 Å². The SMILES string of the molecule is Cc1cc(N2CCCc3cc(O[C@@H](C)C(F)(F)F)c(F)cc3C2)cc(C)c1NC(=O)CC(C)(C)C. The number of benzene rings is 2. The van der Waals surface area contributed by atoms with Gasteiger partial charge in [0.1, 0.15) is 0 Å². The molecule has 35 heavy (non-hydrogen) atoms. The number of hydrogen-bond donors (Lipinski definition) is 1. The van der Waals surface area contributed by atoms with Crippen molar-refractivity contribution < 1.29 is 27.1 Å². The van der Waals surface area contributed by atoms with Crippen LogP contribution in [0.3, 0.4) is 0 Å². The fraction of sp³-hybridized carbons (Fsp3) is 0.519. The van der Waals surface area contributed by atoms with Gasteiger partial charge in [0.15, 0.2) is 17.7 Å². The third kappa shape index (κ3) is 6.89. The molecular formula is C27H34F4N2O2. The number of carbonyl (C=O) groups is 1. The number of carbonyl (C=O) groups excluding carboxylic acids is 1. The Morgan fingerprint density at radius 1 is 1.09 bits per heavy atom. The molecule has 0 saturated carbocycles. The van der Waals surface area contributed by atoms with Crippen LogP contribution in [-0.4, -0.2) is 24.7 Å². The zero-order valence-corrected chi connectivity index (χ0v) is 21.2. The fourth-order valence-electron chi connectivity index (χ4n) is 4.32.